The second-order valence-corrected chi connectivity index (χ2v) is 5.36. The van der Waals surface area contributed by atoms with Gasteiger partial charge in [-0.2, -0.15) is 0 Å². The maximum atomic E-state index is 9.58. The lowest BCUT2D eigenvalue weighted by molar-refractivity contribution is 0.0348. The molecule has 1 fully saturated rings. The van der Waals surface area contributed by atoms with Crippen LogP contribution in [0.4, 0.5) is 0 Å². The van der Waals surface area contributed by atoms with Gasteiger partial charge in [-0.25, -0.2) is 9.98 Å². The lowest BCUT2D eigenvalue weighted by Crippen LogP contribution is -2.24. The van der Waals surface area contributed by atoms with E-state index < -0.39 is 0 Å². The van der Waals surface area contributed by atoms with Gasteiger partial charge in [-0.3, -0.25) is 0 Å². The molecule has 0 spiro atoms. The summed E-state index contributed by atoms with van der Waals surface area (Å²) < 4.78 is 6.10. The molecule has 1 aliphatic carbocycles. The van der Waals surface area contributed by atoms with E-state index in [1.54, 1.807) is 6.92 Å². The molecule has 0 atom stereocenters. The van der Waals surface area contributed by atoms with Gasteiger partial charge in [0.05, 0.1) is 12.2 Å². The third-order valence-electron chi connectivity index (χ3n) is 3.40. The van der Waals surface area contributed by atoms with Crippen molar-refractivity contribution in [1.82, 2.24) is 0 Å². The van der Waals surface area contributed by atoms with Crippen molar-refractivity contribution in [2.75, 3.05) is 0 Å². The molecule has 116 valence electrons. The van der Waals surface area contributed by atoms with Gasteiger partial charge in [-0.1, -0.05) is 12.7 Å². The molecule has 21 heavy (non-hydrogen) atoms. The molecule has 0 heterocycles. The van der Waals surface area contributed by atoms with E-state index in [1.807, 2.05) is 26.0 Å². The second-order valence-electron chi connectivity index (χ2n) is 5.36. The Hall–Kier alpha value is -1.68. The van der Waals surface area contributed by atoms with E-state index in [9.17, 15) is 5.11 Å². The number of rotatable bonds is 5. The number of aliphatic hydroxyl groups excluding tert-OH is 1. The first-order valence-electron chi connectivity index (χ1n) is 7.37. The third-order valence-corrected chi connectivity index (χ3v) is 3.40. The number of nitrogens with zero attached hydrogens (tertiary/aromatic N) is 2. The maximum Gasteiger partial charge on any atom is 0.145 e. The Morgan fingerprint density at radius 3 is 2.33 bits per heavy atom. The monoisotopic (exact) mass is 290 g/mol. The number of ether oxygens (including phenoxy) is 1. The van der Waals surface area contributed by atoms with Gasteiger partial charge in [-0.15, -0.1) is 0 Å². The topological polar surface area (TPSA) is 54.2 Å². The minimum atomic E-state index is -0.190. The highest BCUT2D eigenvalue weighted by Gasteiger charge is 2.22. The molecule has 0 radical (unpaired) electrons. The van der Waals surface area contributed by atoms with Crippen molar-refractivity contribution in [3.05, 3.63) is 35.8 Å². The molecule has 0 bridgehead atoms. The van der Waals surface area contributed by atoms with Crippen LogP contribution in [0.25, 0.3) is 0 Å². The molecule has 0 unspecified atom stereocenters. The first-order chi connectivity index (χ1) is 9.97. The van der Waals surface area contributed by atoms with E-state index >= 15 is 0 Å². The third kappa shape index (κ3) is 5.68. The summed E-state index contributed by atoms with van der Waals surface area (Å²) in [6.45, 7) is 13.1. The summed E-state index contributed by atoms with van der Waals surface area (Å²) in [6.07, 6.45) is 7.02. The first-order valence-corrected chi connectivity index (χ1v) is 7.37. The van der Waals surface area contributed by atoms with Gasteiger partial charge in [0, 0.05) is 0 Å². The fourth-order valence-corrected chi connectivity index (χ4v) is 2.23. The first kappa shape index (κ1) is 17.4. The van der Waals surface area contributed by atoms with Crippen LogP contribution in [0, 0.1) is 0 Å². The number of hydrogen-bond acceptors (Lipinski definition) is 3. The zero-order chi connectivity index (χ0) is 15.8. The largest absolute Gasteiger partial charge is 0.488 e. The van der Waals surface area contributed by atoms with Gasteiger partial charge in [0.15, 0.2) is 0 Å². The highest BCUT2D eigenvalue weighted by atomic mass is 16.5. The van der Waals surface area contributed by atoms with Crippen LogP contribution in [-0.4, -0.2) is 29.9 Å². The Labute approximate surface area is 127 Å². The van der Waals surface area contributed by atoms with Gasteiger partial charge in [0.1, 0.15) is 17.3 Å². The van der Waals surface area contributed by atoms with E-state index in [2.05, 4.69) is 23.3 Å². The number of aliphatic imine (C=N–C) groups is 2. The Morgan fingerprint density at radius 2 is 1.86 bits per heavy atom. The van der Waals surface area contributed by atoms with Crippen molar-refractivity contribution < 1.29 is 9.84 Å². The molecule has 1 aliphatic rings. The normalized spacial score (nSPS) is 24.7. The van der Waals surface area contributed by atoms with Crippen LogP contribution in [0.1, 0.15) is 46.5 Å². The minimum absolute atomic E-state index is 0.112. The molecule has 0 saturated heterocycles. The average molecular weight is 290 g/mol. The molecule has 1 rings (SSSR count). The van der Waals surface area contributed by atoms with E-state index in [1.165, 1.54) is 0 Å². The average Bonchev–Trinajstić information content (AvgIpc) is 2.46. The van der Waals surface area contributed by atoms with Crippen molar-refractivity contribution in [1.29, 1.82) is 0 Å². The highest BCUT2D eigenvalue weighted by molar-refractivity contribution is 5.85. The van der Waals surface area contributed by atoms with Gasteiger partial charge >= 0.3 is 0 Å². The maximum absolute atomic E-state index is 9.58. The molecule has 0 amide bonds. The highest BCUT2D eigenvalue weighted by Crippen LogP contribution is 2.26. The zero-order valence-electron chi connectivity index (χ0n) is 13.3. The molecular weight excluding hydrogens is 264 g/mol. The zero-order valence-corrected chi connectivity index (χ0v) is 13.3. The number of hydrogen-bond donors (Lipinski definition) is 1. The lowest BCUT2D eigenvalue weighted by atomic mass is 9.95. The summed E-state index contributed by atoms with van der Waals surface area (Å²) >= 11 is 0. The molecule has 0 aliphatic heterocycles. The van der Waals surface area contributed by atoms with Crippen LogP contribution in [0.5, 0.6) is 0 Å². The van der Waals surface area contributed by atoms with Gasteiger partial charge < -0.3 is 9.84 Å². The van der Waals surface area contributed by atoms with Crippen molar-refractivity contribution in [2.45, 2.75) is 58.7 Å². The van der Waals surface area contributed by atoms with Gasteiger partial charge in [0.2, 0.25) is 0 Å². The Morgan fingerprint density at radius 1 is 1.24 bits per heavy atom. The van der Waals surface area contributed by atoms with Crippen molar-refractivity contribution in [3.8, 4) is 0 Å². The Balaban J connectivity index is 3.02. The Kier molecular flexibility index (Phi) is 7.09. The summed E-state index contributed by atoms with van der Waals surface area (Å²) in [5.41, 5.74) is 1.52. The fourth-order valence-electron chi connectivity index (χ4n) is 2.23. The molecule has 1 N–H and O–H groups in total. The second kappa shape index (κ2) is 8.57. The summed E-state index contributed by atoms with van der Waals surface area (Å²) in [5, 5.41) is 9.58. The predicted octanol–water partition coefficient (Wildman–Crippen LogP) is 3.79. The fraction of sp³-hybridized carbons (Fsp3) is 0.529. The van der Waals surface area contributed by atoms with E-state index in [0.29, 0.717) is 17.3 Å². The smallest absolute Gasteiger partial charge is 0.145 e. The summed E-state index contributed by atoms with van der Waals surface area (Å²) in [5.74, 6) is 1.28. The van der Waals surface area contributed by atoms with Crippen molar-refractivity contribution in [2.24, 2.45) is 9.98 Å². The minimum Gasteiger partial charge on any atom is -0.488 e. The van der Waals surface area contributed by atoms with Crippen LogP contribution in [0.3, 0.4) is 0 Å². The standard InChI is InChI=1S/C17H26N2O2/c1-6-7-16(17(12(2)3)19-13(4)18-5)21-15-10-8-14(20)9-11-15/h6-7,14-15,20H,2,5,8-11H2,1,3-4H3/b7-6-,17-16-,19-13?. The molecular formula is C17H26N2O2. The van der Waals surface area contributed by atoms with Crippen LogP contribution in [0.15, 0.2) is 45.7 Å². The molecule has 1 saturated carbocycles. The SMILES string of the molecule is C=NC(C)=N/C(C(=C)C)=C(/C=C\C)OC1CCC(O)CC1. The Bertz CT molecular complexity index is 467. The summed E-state index contributed by atoms with van der Waals surface area (Å²) in [7, 11) is 0. The molecule has 0 aromatic heterocycles. The number of allylic oxidation sites excluding steroid dienone is 3. The quantitative estimate of drug-likeness (QED) is 0.362. The predicted molar refractivity (Wildman–Crippen MR) is 88.7 cm³/mol. The molecule has 4 nitrogen and oxygen atoms in total. The van der Waals surface area contributed by atoms with Crippen LogP contribution >= 0.6 is 0 Å². The summed E-state index contributed by atoms with van der Waals surface area (Å²) in [4.78, 5) is 8.26. The molecule has 0 aromatic carbocycles. The van der Waals surface area contributed by atoms with Crippen LogP contribution in [-0.2, 0) is 4.74 Å². The van der Waals surface area contributed by atoms with E-state index in [-0.39, 0.29) is 12.2 Å². The van der Waals surface area contributed by atoms with Gasteiger partial charge in [0.25, 0.3) is 0 Å². The van der Waals surface area contributed by atoms with Crippen molar-refractivity contribution in [3.63, 3.8) is 0 Å². The van der Waals surface area contributed by atoms with Crippen LogP contribution < -0.4 is 0 Å². The summed E-state index contributed by atoms with van der Waals surface area (Å²) in [6, 6.07) is 0. The molecule has 0 aromatic rings. The number of aliphatic hydroxyl groups is 1. The molecule has 4 heteroatoms. The van der Waals surface area contributed by atoms with Crippen molar-refractivity contribution >= 4 is 12.6 Å². The van der Waals surface area contributed by atoms with Crippen LogP contribution in [0.2, 0.25) is 0 Å². The van der Waals surface area contributed by atoms with Gasteiger partial charge in [-0.05, 0) is 64.8 Å². The van der Waals surface area contributed by atoms with E-state index in [0.717, 1.165) is 31.3 Å². The number of amidine groups is 1. The van der Waals surface area contributed by atoms with E-state index in [4.69, 9.17) is 4.74 Å². The lowest BCUT2D eigenvalue weighted by Gasteiger charge is -2.27.